The Morgan fingerprint density at radius 2 is 1.68 bits per heavy atom. The van der Waals surface area contributed by atoms with Gasteiger partial charge in [0, 0.05) is 46.2 Å². The van der Waals surface area contributed by atoms with E-state index in [4.69, 9.17) is 18.4 Å². The van der Waals surface area contributed by atoms with E-state index < -0.39 is 14.8 Å². The molecule has 0 saturated carbocycles. The average molecular weight is 327 g/mol. The van der Waals surface area contributed by atoms with Crippen molar-refractivity contribution in [1.29, 1.82) is 0 Å². The molecule has 1 aromatic carbocycles. The van der Waals surface area contributed by atoms with Crippen molar-refractivity contribution in [2.75, 3.05) is 39.3 Å². The normalized spacial score (nSPS) is 11.4. The maximum absolute atomic E-state index is 10.8. The Morgan fingerprint density at radius 1 is 1.09 bits per heavy atom. The number of carboxylic acids is 1. The van der Waals surface area contributed by atoms with Crippen LogP contribution in [-0.2, 0) is 18.1 Å². The van der Waals surface area contributed by atoms with Crippen LogP contribution in [0, 0.1) is 0 Å². The number of anilines is 1. The van der Waals surface area contributed by atoms with Crippen LogP contribution in [0.3, 0.4) is 0 Å². The van der Waals surface area contributed by atoms with Crippen molar-refractivity contribution >= 4 is 20.5 Å². The number of aliphatic carboxylic acids is 1. The first-order valence-corrected chi connectivity index (χ1v) is 9.17. The monoisotopic (exact) mass is 327 g/mol. The molecule has 0 atom stereocenters. The van der Waals surface area contributed by atoms with Gasteiger partial charge < -0.3 is 23.3 Å². The predicted molar refractivity (Wildman–Crippen MR) is 87.1 cm³/mol. The lowest BCUT2D eigenvalue weighted by atomic mass is 10.2. The molecule has 0 aliphatic rings. The highest BCUT2D eigenvalue weighted by atomic mass is 28.4. The zero-order valence-corrected chi connectivity index (χ0v) is 14.4. The van der Waals surface area contributed by atoms with Gasteiger partial charge in [-0.15, -0.1) is 0 Å². The highest BCUT2D eigenvalue weighted by Crippen LogP contribution is 2.19. The fourth-order valence-electron chi connectivity index (χ4n) is 2.28. The van der Waals surface area contributed by atoms with Crippen molar-refractivity contribution in [3.63, 3.8) is 0 Å². The molecular formula is C15H25NO5Si. The first-order chi connectivity index (χ1) is 10.6. The fourth-order valence-corrected chi connectivity index (χ4v) is 3.99. The molecule has 22 heavy (non-hydrogen) atoms. The van der Waals surface area contributed by atoms with E-state index in [2.05, 4.69) is 4.90 Å². The van der Waals surface area contributed by atoms with E-state index in [1.165, 1.54) is 0 Å². The SMILES string of the molecule is CO[Si](CCCN(CCC(=O)O)c1ccccc1)(OC)OC. The molecule has 0 unspecified atom stereocenters. The molecule has 0 heterocycles. The molecule has 0 radical (unpaired) electrons. The Morgan fingerprint density at radius 3 is 2.18 bits per heavy atom. The van der Waals surface area contributed by atoms with Crippen molar-refractivity contribution in [3.05, 3.63) is 30.3 Å². The van der Waals surface area contributed by atoms with Gasteiger partial charge in [-0.2, -0.15) is 0 Å². The number of benzene rings is 1. The van der Waals surface area contributed by atoms with Gasteiger partial charge in [-0.1, -0.05) is 18.2 Å². The standard InChI is InChI=1S/C15H25NO5Si/c1-19-22(20-2,21-3)13-7-11-16(12-10-15(17)18)14-8-5-4-6-9-14/h4-6,8-9H,7,10-13H2,1-3H3,(H,17,18). The van der Waals surface area contributed by atoms with E-state index >= 15 is 0 Å². The van der Waals surface area contributed by atoms with Crippen LogP contribution < -0.4 is 4.90 Å². The number of para-hydroxylation sites is 1. The Labute approximate surface area is 133 Å². The van der Waals surface area contributed by atoms with E-state index in [9.17, 15) is 4.79 Å². The van der Waals surface area contributed by atoms with Crippen LogP contribution in [0.2, 0.25) is 6.04 Å². The minimum absolute atomic E-state index is 0.107. The van der Waals surface area contributed by atoms with Gasteiger partial charge >= 0.3 is 14.8 Å². The summed E-state index contributed by atoms with van der Waals surface area (Å²) in [6.45, 7) is 1.20. The van der Waals surface area contributed by atoms with Crippen molar-refractivity contribution in [1.82, 2.24) is 0 Å². The summed E-state index contributed by atoms with van der Waals surface area (Å²) in [4.78, 5) is 12.9. The summed E-state index contributed by atoms with van der Waals surface area (Å²) in [6.07, 6.45) is 0.909. The molecule has 0 aromatic heterocycles. The average Bonchev–Trinajstić information content (AvgIpc) is 2.55. The second-order valence-corrected chi connectivity index (χ2v) is 7.96. The smallest absolute Gasteiger partial charge is 0.481 e. The number of carbonyl (C=O) groups is 1. The third-order valence-electron chi connectivity index (χ3n) is 3.56. The molecule has 124 valence electrons. The summed E-state index contributed by atoms with van der Waals surface area (Å²) in [5, 5.41) is 8.90. The van der Waals surface area contributed by atoms with Gasteiger partial charge in [0.1, 0.15) is 0 Å². The first-order valence-electron chi connectivity index (χ1n) is 7.24. The van der Waals surface area contributed by atoms with E-state index in [1.54, 1.807) is 21.3 Å². The molecule has 0 fully saturated rings. The van der Waals surface area contributed by atoms with Gasteiger partial charge in [0.15, 0.2) is 0 Å². The Balaban J connectivity index is 2.63. The molecular weight excluding hydrogens is 302 g/mol. The number of rotatable bonds is 11. The lowest BCUT2D eigenvalue weighted by Crippen LogP contribution is -2.43. The summed E-state index contributed by atoms with van der Waals surface area (Å²) in [7, 11) is 2.21. The second kappa shape index (κ2) is 9.57. The minimum Gasteiger partial charge on any atom is -0.481 e. The minimum atomic E-state index is -2.57. The van der Waals surface area contributed by atoms with E-state index in [0.717, 1.165) is 18.7 Å². The van der Waals surface area contributed by atoms with Crippen molar-refractivity contribution in [2.24, 2.45) is 0 Å². The lowest BCUT2D eigenvalue weighted by Gasteiger charge is -2.27. The molecule has 0 bridgehead atoms. The van der Waals surface area contributed by atoms with Crippen LogP contribution in [0.25, 0.3) is 0 Å². The highest BCUT2D eigenvalue weighted by molar-refractivity contribution is 6.60. The van der Waals surface area contributed by atoms with Crippen LogP contribution in [-0.4, -0.2) is 54.3 Å². The molecule has 0 aliphatic carbocycles. The maximum Gasteiger partial charge on any atom is 0.500 e. The highest BCUT2D eigenvalue weighted by Gasteiger charge is 2.37. The maximum atomic E-state index is 10.8. The van der Waals surface area contributed by atoms with Gasteiger partial charge in [-0.25, -0.2) is 0 Å². The number of hydrogen-bond donors (Lipinski definition) is 1. The largest absolute Gasteiger partial charge is 0.500 e. The summed E-state index contributed by atoms with van der Waals surface area (Å²) in [5.74, 6) is -0.796. The van der Waals surface area contributed by atoms with Gasteiger partial charge in [0.25, 0.3) is 0 Å². The lowest BCUT2D eigenvalue weighted by molar-refractivity contribution is -0.136. The molecule has 0 aliphatic heterocycles. The van der Waals surface area contributed by atoms with Gasteiger partial charge in [0.05, 0.1) is 6.42 Å². The van der Waals surface area contributed by atoms with Crippen LogP contribution >= 0.6 is 0 Å². The predicted octanol–water partition coefficient (Wildman–Crippen LogP) is 2.24. The van der Waals surface area contributed by atoms with Crippen molar-refractivity contribution in [3.8, 4) is 0 Å². The Hall–Kier alpha value is -1.41. The molecule has 0 amide bonds. The van der Waals surface area contributed by atoms with Crippen LogP contribution in [0.1, 0.15) is 12.8 Å². The van der Waals surface area contributed by atoms with Crippen molar-refractivity contribution in [2.45, 2.75) is 18.9 Å². The molecule has 0 saturated heterocycles. The van der Waals surface area contributed by atoms with Gasteiger partial charge in [-0.05, 0) is 18.6 Å². The topological polar surface area (TPSA) is 68.2 Å². The third kappa shape index (κ3) is 5.76. The zero-order valence-electron chi connectivity index (χ0n) is 13.4. The second-order valence-electron chi connectivity index (χ2n) is 4.87. The number of nitrogens with zero attached hydrogens (tertiary/aromatic N) is 1. The van der Waals surface area contributed by atoms with E-state index in [-0.39, 0.29) is 6.42 Å². The number of carboxylic acid groups (broad SMARTS) is 1. The van der Waals surface area contributed by atoms with Crippen molar-refractivity contribution < 1.29 is 23.2 Å². The fraction of sp³-hybridized carbons (Fsp3) is 0.533. The molecule has 6 nitrogen and oxygen atoms in total. The molecule has 1 N–H and O–H groups in total. The van der Waals surface area contributed by atoms with E-state index in [0.29, 0.717) is 12.6 Å². The van der Waals surface area contributed by atoms with E-state index in [1.807, 2.05) is 30.3 Å². The van der Waals surface area contributed by atoms with Crippen LogP contribution in [0.4, 0.5) is 5.69 Å². The first kappa shape index (κ1) is 18.6. The zero-order chi connectivity index (χ0) is 16.4. The Bertz CT molecular complexity index is 431. The quantitative estimate of drug-likeness (QED) is 0.629. The Kier molecular flexibility index (Phi) is 8.11. The van der Waals surface area contributed by atoms with Crippen LogP contribution in [0.5, 0.6) is 0 Å². The summed E-state index contributed by atoms with van der Waals surface area (Å²) in [5.41, 5.74) is 1.02. The molecule has 7 heteroatoms. The molecule has 1 rings (SSSR count). The number of hydrogen-bond acceptors (Lipinski definition) is 5. The summed E-state index contributed by atoms with van der Waals surface area (Å²) < 4.78 is 16.2. The van der Waals surface area contributed by atoms with Crippen LogP contribution in [0.15, 0.2) is 30.3 Å². The van der Waals surface area contributed by atoms with Gasteiger partial charge in [0.2, 0.25) is 0 Å². The summed E-state index contributed by atoms with van der Waals surface area (Å²) >= 11 is 0. The summed E-state index contributed by atoms with van der Waals surface area (Å²) in [6, 6.07) is 10.5. The van der Waals surface area contributed by atoms with Gasteiger partial charge in [-0.3, -0.25) is 4.79 Å². The molecule has 1 aromatic rings. The third-order valence-corrected chi connectivity index (χ3v) is 6.39. The molecule has 0 spiro atoms.